The van der Waals surface area contributed by atoms with Crippen molar-refractivity contribution < 1.29 is 23.5 Å². The van der Waals surface area contributed by atoms with E-state index in [0.29, 0.717) is 16.2 Å². The maximum Gasteiger partial charge on any atom is 0.293 e. The lowest BCUT2D eigenvalue weighted by atomic mass is 10.1. The maximum absolute atomic E-state index is 12.9. The van der Waals surface area contributed by atoms with Crippen molar-refractivity contribution in [1.29, 1.82) is 0 Å². The summed E-state index contributed by atoms with van der Waals surface area (Å²) in [6.07, 6.45) is 1.75. The molecule has 0 unspecified atom stereocenters. The van der Waals surface area contributed by atoms with Gasteiger partial charge < -0.3 is 10.1 Å². The molecule has 3 amide bonds. The standard InChI is InChI=1S/C21H19FN2O4S/c1-28-17-8-4-14(5-9-17)12-18-20(26)24(21(27)29-18)11-10-23-19(25)13-15-2-6-16(22)7-3-15/h2-9,12H,10-11,13H2,1H3,(H,23,25). The molecule has 0 atom stereocenters. The lowest BCUT2D eigenvalue weighted by Gasteiger charge is -2.13. The molecule has 2 aromatic carbocycles. The molecule has 0 bridgehead atoms. The van der Waals surface area contributed by atoms with Crippen LogP contribution in [0.2, 0.25) is 0 Å². The highest BCUT2D eigenvalue weighted by atomic mass is 32.2. The Balaban J connectivity index is 1.52. The molecule has 0 saturated carbocycles. The van der Waals surface area contributed by atoms with Gasteiger partial charge in [-0.15, -0.1) is 0 Å². The summed E-state index contributed by atoms with van der Waals surface area (Å²) < 4.78 is 18.0. The molecule has 2 aromatic rings. The summed E-state index contributed by atoms with van der Waals surface area (Å²) in [6, 6.07) is 12.8. The molecule has 6 nitrogen and oxygen atoms in total. The molecule has 0 aliphatic carbocycles. The Morgan fingerprint density at radius 3 is 2.48 bits per heavy atom. The number of carbonyl (C=O) groups excluding carboxylic acids is 3. The van der Waals surface area contributed by atoms with E-state index in [9.17, 15) is 18.8 Å². The molecule has 29 heavy (non-hydrogen) atoms. The first-order chi connectivity index (χ1) is 14.0. The van der Waals surface area contributed by atoms with Gasteiger partial charge in [0.2, 0.25) is 5.91 Å². The first-order valence-corrected chi connectivity index (χ1v) is 9.68. The Kier molecular flexibility index (Phi) is 6.66. The van der Waals surface area contributed by atoms with Crippen molar-refractivity contribution in [3.05, 3.63) is 70.4 Å². The summed E-state index contributed by atoms with van der Waals surface area (Å²) in [5, 5.41) is 2.30. The number of ether oxygens (including phenoxy) is 1. The van der Waals surface area contributed by atoms with Gasteiger partial charge in [-0.2, -0.15) is 0 Å². The Labute approximate surface area is 171 Å². The van der Waals surface area contributed by atoms with E-state index < -0.39 is 0 Å². The number of thioether (sulfide) groups is 1. The molecular weight excluding hydrogens is 395 g/mol. The van der Waals surface area contributed by atoms with Crippen LogP contribution in [0.4, 0.5) is 9.18 Å². The smallest absolute Gasteiger partial charge is 0.293 e. The molecule has 0 radical (unpaired) electrons. The van der Waals surface area contributed by atoms with Crippen LogP contribution < -0.4 is 10.1 Å². The molecule has 1 N–H and O–H groups in total. The Morgan fingerprint density at radius 1 is 1.14 bits per heavy atom. The second-order valence-electron chi connectivity index (χ2n) is 6.26. The third-order valence-corrected chi connectivity index (χ3v) is 5.13. The predicted octanol–water partition coefficient (Wildman–Crippen LogP) is 3.23. The van der Waals surface area contributed by atoms with Gasteiger partial charge >= 0.3 is 0 Å². The number of nitrogens with zero attached hydrogens (tertiary/aromatic N) is 1. The van der Waals surface area contributed by atoms with Gasteiger partial charge in [0, 0.05) is 13.1 Å². The second kappa shape index (κ2) is 9.38. The largest absolute Gasteiger partial charge is 0.497 e. The fourth-order valence-corrected chi connectivity index (χ4v) is 3.57. The molecular formula is C21H19FN2O4S. The predicted molar refractivity (Wildman–Crippen MR) is 109 cm³/mol. The summed E-state index contributed by atoms with van der Waals surface area (Å²) in [5.41, 5.74) is 1.46. The van der Waals surface area contributed by atoms with Gasteiger partial charge in [0.05, 0.1) is 18.4 Å². The van der Waals surface area contributed by atoms with Crippen LogP contribution in [0.25, 0.3) is 6.08 Å². The highest BCUT2D eigenvalue weighted by molar-refractivity contribution is 8.18. The number of carbonyl (C=O) groups is 3. The highest BCUT2D eigenvalue weighted by Gasteiger charge is 2.34. The van der Waals surface area contributed by atoms with Gasteiger partial charge in [0.1, 0.15) is 11.6 Å². The Morgan fingerprint density at radius 2 is 1.83 bits per heavy atom. The number of rotatable bonds is 7. The van der Waals surface area contributed by atoms with Crippen molar-refractivity contribution in [2.75, 3.05) is 20.2 Å². The van der Waals surface area contributed by atoms with E-state index in [1.165, 1.54) is 24.3 Å². The summed E-state index contributed by atoms with van der Waals surface area (Å²) in [7, 11) is 1.57. The van der Waals surface area contributed by atoms with E-state index in [-0.39, 0.29) is 42.4 Å². The summed E-state index contributed by atoms with van der Waals surface area (Å²) in [4.78, 5) is 38.0. The molecule has 8 heteroatoms. The molecule has 0 spiro atoms. The fourth-order valence-electron chi connectivity index (χ4n) is 2.70. The van der Waals surface area contributed by atoms with E-state index in [1.54, 1.807) is 37.5 Å². The van der Waals surface area contributed by atoms with Crippen LogP contribution in [-0.4, -0.2) is 42.2 Å². The monoisotopic (exact) mass is 414 g/mol. The minimum absolute atomic E-state index is 0.0831. The number of imide groups is 1. The molecule has 1 saturated heterocycles. The Bertz CT molecular complexity index is 942. The van der Waals surface area contributed by atoms with Crippen LogP contribution in [0.5, 0.6) is 5.75 Å². The molecule has 1 aliphatic rings. The van der Waals surface area contributed by atoms with E-state index in [2.05, 4.69) is 5.32 Å². The van der Waals surface area contributed by atoms with Crippen molar-refractivity contribution in [1.82, 2.24) is 10.2 Å². The third-order valence-electron chi connectivity index (χ3n) is 4.22. The average molecular weight is 414 g/mol. The summed E-state index contributed by atoms with van der Waals surface area (Å²) >= 11 is 0.868. The minimum atomic E-state index is -0.386. The third kappa shape index (κ3) is 5.45. The summed E-state index contributed by atoms with van der Waals surface area (Å²) in [6.45, 7) is 0.230. The molecule has 150 valence electrons. The minimum Gasteiger partial charge on any atom is -0.497 e. The van der Waals surface area contributed by atoms with Crippen molar-refractivity contribution >= 4 is 34.9 Å². The lowest BCUT2D eigenvalue weighted by molar-refractivity contribution is -0.124. The zero-order chi connectivity index (χ0) is 20.8. The average Bonchev–Trinajstić information content (AvgIpc) is 2.97. The molecule has 1 heterocycles. The highest BCUT2D eigenvalue weighted by Crippen LogP contribution is 2.32. The first kappa shape index (κ1) is 20.6. The van der Waals surface area contributed by atoms with Crippen molar-refractivity contribution in [2.45, 2.75) is 6.42 Å². The molecule has 0 aromatic heterocycles. The number of methoxy groups -OCH3 is 1. The van der Waals surface area contributed by atoms with Gasteiger partial charge in [-0.3, -0.25) is 19.3 Å². The molecule has 1 aliphatic heterocycles. The quantitative estimate of drug-likeness (QED) is 0.704. The van der Waals surface area contributed by atoms with Gasteiger partial charge in [-0.25, -0.2) is 4.39 Å². The zero-order valence-electron chi connectivity index (χ0n) is 15.7. The van der Waals surface area contributed by atoms with E-state index in [0.717, 1.165) is 22.2 Å². The summed E-state index contributed by atoms with van der Waals surface area (Å²) in [5.74, 6) is -0.316. The van der Waals surface area contributed by atoms with E-state index in [4.69, 9.17) is 4.74 Å². The van der Waals surface area contributed by atoms with Gasteiger partial charge in [0.25, 0.3) is 11.1 Å². The van der Waals surface area contributed by atoms with Crippen LogP contribution in [0.15, 0.2) is 53.4 Å². The van der Waals surface area contributed by atoms with Crippen molar-refractivity contribution in [3.63, 3.8) is 0 Å². The van der Waals surface area contributed by atoms with Crippen LogP contribution in [0, 0.1) is 5.82 Å². The molecule has 3 rings (SSSR count). The number of nitrogens with one attached hydrogen (secondary N) is 1. The topological polar surface area (TPSA) is 75.7 Å². The van der Waals surface area contributed by atoms with Crippen LogP contribution in [0.3, 0.4) is 0 Å². The molecule has 1 fully saturated rings. The number of halogens is 1. The fraction of sp³-hybridized carbons (Fsp3) is 0.190. The number of hydrogen-bond acceptors (Lipinski definition) is 5. The van der Waals surface area contributed by atoms with Crippen LogP contribution >= 0.6 is 11.8 Å². The number of benzene rings is 2. The number of amides is 3. The van der Waals surface area contributed by atoms with Crippen LogP contribution in [-0.2, 0) is 16.0 Å². The maximum atomic E-state index is 12.9. The van der Waals surface area contributed by atoms with Gasteiger partial charge in [0.15, 0.2) is 0 Å². The van der Waals surface area contributed by atoms with Crippen molar-refractivity contribution in [3.8, 4) is 5.75 Å². The lowest BCUT2D eigenvalue weighted by Crippen LogP contribution is -2.37. The number of hydrogen-bond donors (Lipinski definition) is 1. The SMILES string of the molecule is COc1ccc(C=C2SC(=O)N(CCNC(=O)Cc3ccc(F)cc3)C2=O)cc1. The van der Waals surface area contributed by atoms with Crippen LogP contribution in [0.1, 0.15) is 11.1 Å². The zero-order valence-corrected chi connectivity index (χ0v) is 16.5. The van der Waals surface area contributed by atoms with E-state index >= 15 is 0 Å². The van der Waals surface area contributed by atoms with Gasteiger partial charge in [-0.05, 0) is 53.2 Å². The second-order valence-corrected chi connectivity index (χ2v) is 7.25. The van der Waals surface area contributed by atoms with Crippen molar-refractivity contribution in [2.24, 2.45) is 0 Å². The first-order valence-electron chi connectivity index (χ1n) is 8.87. The van der Waals surface area contributed by atoms with E-state index in [1.807, 2.05) is 0 Å². The normalized spacial score (nSPS) is 15.1. The van der Waals surface area contributed by atoms with Gasteiger partial charge in [-0.1, -0.05) is 24.3 Å². The Hall–Kier alpha value is -3.13.